The molecular weight excluding hydrogens is 292 g/mol. The van der Waals surface area contributed by atoms with Gasteiger partial charge in [-0.2, -0.15) is 0 Å². The molecular formula is C16H18N6O. The number of amides is 1. The molecule has 118 valence electrons. The number of aromatic nitrogens is 3. The molecule has 1 amide bonds. The lowest BCUT2D eigenvalue weighted by atomic mass is 10.1. The van der Waals surface area contributed by atoms with Crippen LogP contribution in [-0.2, 0) is 6.42 Å². The Kier molecular flexibility index (Phi) is 3.53. The summed E-state index contributed by atoms with van der Waals surface area (Å²) in [5, 5.41) is 6.34. The second-order valence-corrected chi connectivity index (χ2v) is 5.86. The molecule has 0 aliphatic carbocycles. The first-order valence-electron chi connectivity index (χ1n) is 7.85. The number of rotatable bonds is 3. The fourth-order valence-corrected chi connectivity index (χ4v) is 2.95. The zero-order chi connectivity index (χ0) is 15.6. The molecule has 2 aliphatic heterocycles. The zero-order valence-electron chi connectivity index (χ0n) is 12.7. The van der Waals surface area contributed by atoms with Crippen LogP contribution in [0.4, 0.5) is 11.5 Å². The Morgan fingerprint density at radius 2 is 2.22 bits per heavy atom. The van der Waals surface area contributed by atoms with Crippen LogP contribution >= 0.6 is 0 Å². The third kappa shape index (κ3) is 2.81. The van der Waals surface area contributed by atoms with Gasteiger partial charge in [-0.15, -0.1) is 0 Å². The van der Waals surface area contributed by atoms with E-state index < -0.39 is 0 Å². The van der Waals surface area contributed by atoms with Gasteiger partial charge < -0.3 is 15.5 Å². The summed E-state index contributed by atoms with van der Waals surface area (Å²) in [5.41, 5.74) is 2.53. The molecule has 2 N–H and O–H groups in total. The zero-order valence-corrected chi connectivity index (χ0v) is 12.7. The van der Waals surface area contributed by atoms with E-state index >= 15 is 0 Å². The summed E-state index contributed by atoms with van der Waals surface area (Å²) in [7, 11) is 0. The molecule has 0 aromatic carbocycles. The molecule has 0 radical (unpaired) electrons. The molecule has 0 bridgehead atoms. The first-order valence-corrected chi connectivity index (χ1v) is 7.85. The predicted molar refractivity (Wildman–Crippen MR) is 86.5 cm³/mol. The molecule has 0 atom stereocenters. The van der Waals surface area contributed by atoms with Gasteiger partial charge in [0.25, 0.3) is 5.91 Å². The van der Waals surface area contributed by atoms with Crippen LogP contribution in [0.25, 0.3) is 0 Å². The van der Waals surface area contributed by atoms with Crippen LogP contribution in [0.1, 0.15) is 22.6 Å². The van der Waals surface area contributed by atoms with Gasteiger partial charge in [0.05, 0.1) is 17.4 Å². The van der Waals surface area contributed by atoms with Gasteiger partial charge in [-0.25, -0.2) is 15.0 Å². The third-order valence-electron chi connectivity index (χ3n) is 4.22. The molecule has 7 nitrogen and oxygen atoms in total. The quantitative estimate of drug-likeness (QED) is 0.874. The van der Waals surface area contributed by atoms with Gasteiger partial charge in [0.1, 0.15) is 17.8 Å². The highest BCUT2D eigenvalue weighted by Gasteiger charge is 2.29. The van der Waals surface area contributed by atoms with E-state index in [1.54, 1.807) is 12.3 Å². The number of carbonyl (C=O) groups is 1. The minimum absolute atomic E-state index is 0.106. The smallest absolute Gasteiger partial charge is 0.270 e. The minimum atomic E-state index is -0.106. The van der Waals surface area contributed by atoms with Crippen molar-refractivity contribution in [3.8, 4) is 0 Å². The van der Waals surface area contributed by atoms with Gasteiger partial charge in [0.15, 0.2) is 0 Å². The van der Waals surface area contributed by atoms with Gasteiger partial charge in [-0.1, -0.05) is 0 Å². The Morgan fingerprint density at radius 1 is 1.30 bits per heavy atom. The Labute approximate surface area is 134 Å². The molecule has 4 heterocycles. The molecule has 2 aromatic heterocycles. The van der Waals surface area contributed by atoms with Gasteiger partial charge in [-0.05, 0) is 31.0 Å². The summed E-state index contributed by atoms with van der Waals surface area (Å²) < 4.78 is 0. The summed E-state index contributed by atoms with van der Waals surface area (Å²) in [6, 6.07) is 5.74. The predicted octanol–water partition coefficient (Wildman–Crippen LogP) is 0.848. The SMILES string of the molecule is O=C(NC1CN(c2ccncn2)C1)c1ccc2c(n1)CCCN2. The number of nitrogens with zero attached hydrogens (tertiary/aromatic N) is 4. The highest BCUT2D eigenvalue weighted by atomic mass is 16.2. The van der Waals surface area contributed by atoms with Crippen molar-refractivity contribution >= 4 is 17.4 Å². The molecule has 0 spiro atoms. The maximum atomic E-state index is 12.3. The summed E-state index contributed by atoms with van der Waals surface area (Å²) in [4.78, 5) is 27.1. The van der Waals surface area contributed by atoms with E-state index in [1.165, 1.54) is 6.33 Å². The lowest BCUT2D eigenvalue weighted by Gasteiger charge is -2.40. The molecule has 1 saturated heterocycles. The lowest BCUT2D eigenvalue weighted by Crippen LogP contribution is -2.59. The van der Waals surface area contributed by atoms with E-state index in [1.807, 2.05) is 12.1 Å². The van der Waals surface area contributed by atoms with Crippen LogP contribution in [0.15, 0.2) is 30.7 Å². The van der Waals surface area contributed by atoms with E-state index in [2.05, 4.69) is 30.5 Å². The Balaban J connectivity index is 1.36. The maximum Gasteiger partial charge on any atom is 0.270 e. The molecule has 1 fully saturated rings. The van der Waals surface area contributed by atoms with Crippen LogP contribution in [0.5, 0.6) is 0 Å². The number of hydrogen-bond acceptors (Lipinski definition) is 6. The van der Waals surface area contributed by atoms with Gasteiger partial charge >= 0.3 is 0 Å². The number of pyridine rings is 1. The van der Waals surface area contributed by atoms with Crippen LogP contribution in [0, 0.1) is 0 Å². The van der Waals surface area contributed by atoms with Crippen LogP contribution in [0.2, 0.25) is 0 Å². The molecule has 0 saturated carbocycles. The van der Waals surface area contributed by atoms with Crippen molar-refractivity contribution in [3.05, 3.63) is 42.1 Å². The van der Waals surface area contributed by atoms with Crippen LogP contribution in [-0.4, -0.2) is 46.5 Å². The highest BCUT2D eigenvalue weighted by molar-refractivity contribution is 5.93. The van der Waals surface area contributed by atoms with E-state index in [0.717, 1.165) is 49.7 Å². The van der Waals surface area contributed by atoms with Crippen molar-refractivity contribution in [1.29, 1.82) is 0 Å². The average Bonchev–Trinajstić information content (AvgIpc) is 2.58. The Bertz CT molecular complexity index is 714. The number of nitrogens with one attached hydrogen (secondary N) is 2. The number of anilines is 2. The Hall–Kier alpha value is -2.70. The van der Waals surface area contributed by atoms with Gasteiger partial charge in [0, 0.05) is 25.8 Å². The van der Waals surface area contributed by atoms with Crippen molar-refractivity contribution in [1.82, 2.24) is 20.3 Å². The maximum absolute atomic E-state index is 12.3. The van der Waals surface area contributed by atoms with E-state index in [0.29, 0.717) is 5.69 Å². The molecule has 23 heavy (non-hydrogen) atoms. The second kappa shape index (κ2) is 5.83. The fourth-order valence-electron chi connectivity index (χ4n) is 2.95. The topological polar surface area (TPSA) is 83.0 Å². The number of hydrogen-bond donors (Lipinski definition) is 2. The van der Waals surface area contributed by atoms with E-state index in [9.17, 15) is 4.79 Å². The minimum Gasteiger partial charge on any atom is -0.384 e. The first kappa shape index (κ1) is 13.9. The third-order valence-corrected chi connectivity index (χ3v) is 4.22. The summed E-state index contributed by atoms with van der Waals surface area (Å²) in [6.07, 6.45) is 5.24. The monoisotopic (exact) mass is 310 g/mol. The number of fused-ring (bicyclic) bond motifs is 1. The van der Waals surface area contributed by atoms with Crippen molar-refractivity contribution in [2.75, 3.05) is 29.9 Å². The number of aryl methyl sites for hydroxylation is 1. The molecule has 4 rings (SSSR count). The van der Waals surface area contributed by atoms with Gasteiger partial charge in [0.2, 0.25) is 0 Å². The number of carbonyl (C=O) groups excluding carboxylic acids is 1. The van der Waals surface area contributed by atoms with Crippen molar-refractivity contribution < 1.29 is 4.79 Å². The summed E-state index contributed by atoms with van der Waals surface area (Å²) in [5.74, 6) is 0.786. The fraction of sp³-hybridized carbons (Fsp3) is 0.375. The largest absolute Gasteiger partial charge is 0.384 e. The van der Waals surface area contributed by atoms with E-state index in [-0.39, 0.29) is 11.9 Å². The highest BCUT2D eigenvalue weighted by Crippen LogP contribution is 2.20. The second-order valence-electron chi connectivity index (χ2n) is 5.86. The van der Waals surface area contributed by atoms with E-state index in [4.69, 9.17) is 0 Å². The van der Waals surface area contributed by atoms with Crippen molar-refractivity contribution in [3.63, 3.8) is 0 Å². The lowest BCUT2D eigenvalue weighted by molar-refractivity contribution is 0.0925. The van der Waals surface area contributed by atoms with Crippen molar-refractivity contribution in [2.45, 2.75) is 18.9 Å². The average molecular weight is 310 g/mol. The Morgan fingerprint density at radius 3 is 3.04 bits per heavy atom. The standard InChI is InChI=1S/C16H18N6O/c23-16(14-4-3-12-13(21-14)2-1-6-18-12)20-11-8-22(9-11)15-5-7-17-10-19-15/h3-5,7,10-11,18H,1-2,6,8-9H2,(H,20,23). The normalized spacial score (nSPS) is 17.0. The molecule has 2 aliphatic rings. The first-order chi connectivity index (χ1) is 11.3. The summed E-state index contributed by atoms with van der Waals surface area (Å²) >= 11 is 0. The van der Waals surface area contributed by atoms with Crippen molar-refractivity contribution in [2.24, 2.45) is 0 Å². The van der Waals surface area contributed by atoms with Gasteiger partial charge in [-0.3, -0.25) is 4.79 Å². The summed E-state index contributed by atoms with van der Waals surface area (Å²) in [6.45, 7) is 2.49. The van der Waals surface area contributed by atoms with Crippen LogP contribution in [0.3, 0.4) is 0 Å². The van der Waals surface area contributed by atoms with Crippen LogP contribution < -0.4 is 15.5 Å². The molecule has 7 heteroatoms. The molecule has 2 aromatic rings. The molecule has 0 unspecified atom stereocenters.